The largest absolute Gasteiger partial charge is 0.394 e. The monoisotopic (exact) mass is 382 g/mol. The van der Waals surface area contributed by atoms with E-state index < -0.39 is 39.1 Å². The molecule has 0 amide bonds. The van der Waals surface area contributed by atoms with Gasteiger partial charge in [0.05, 0.1) is 18.1 Å². The second-order valence-corrected chi connectivity index (χ2v) is 3.80. The smallest absolute Gasteiger partial charge is 0.317 e. The number of nitro groups is 1. The molecule has 150 valence electrons. The number of hydrogen-bond acceptors (Lipinski definition) is 11. The first-order valence-corrected chi connectivity index (χ1v) is 5.72. The number of aliphatic hydroxyl groups excluding tert-OH is 2. The molecule has 0 aromatic heterocycles. The van der Waals surface area contributed by atoms with Crippen molar-refractivity contribution in [3.63, 3.8) is 0 Å². The molecule has 25 heavy (non-hydrogen) atoms. The van der Waals surface area contributed by atoms with Crippen LogP contribution >= 0.6 is 0 Å². The van der Waals surface area contributed by atoms with Crippen LogP contribution in [0.2, 0.25) is 0 Å². The second-order valence-electron chi connectivity index (χ2n) is 3.80. The van der Waals surface area contributed by atoms with Crippen molar-refractivity contribution in [3.05, 3.63) is 40.5 Å². The van der Waals surface area contributed by atoms with Crippen LogP contribution in [0.25, 0.3) is 0 Å². The molecule has 0 aromatic rings. The van der Waals surface area contributed by atoms with E-state index in [1.807, 2.05) is 0 Å². The van der Waals surface area contributed by atoms with Crippen LogP contribution in [0.1, 0.15) is 13.8 Å². The summed E-state index contributed by atoms with van der Waals surface area (Å²) in [5, 5.41) is 68.6. The van der Waals surface area contributed by atoms with Crippen molar-refractivity contribution in [3.8, 4) is 0 Å². The van der Waals surface area contributed by atoms with Crippen LogP contribution < -0.4 is 0 Å². The first kappa shape index (κ1) is 29.8. The van der Waals surface area contributed by atoms with Gasteiger partial charge in [0, 0.05) is 5.92 Å². The maximum absolute atomic E-state index is 10.4. The number of ether oxygens (including phenoxy) is 1. The Morgan fingerprint density at radius 3 is 1.32 bits per heavy atom. The summed E-state index contributed by atoms with van der Waals surface area (Å²) in [6.45, 7) is 2.63. The Bertz CT molecular complexity index is 349. The maximum atomic E-state index is 10.4. The Balaban J connectivity index is -0.000000150. The standard InChI is InChI=1S/C7H15NO5.3HNO3/c1-5(2)7(8(11)12)13-4-6(10)3-9;3*2-1(3)4/h5-7,9-10H,3-4H2,1-2H3;3*(H,2,3,4). The van der Waals surface area contributed by atoms with E-state index in [0.29, 0.717) is 0 Å². The predicted molar refractivity (Wildman–Crippen MR) is 71.0 cm³/mol. The number of nitrogens with zero attached hydrogens (tertiary/aromatic N) is 4. The van der Waals surface area contributed by atoms with Crippen LogP contribution in [0.15, 0.2) is 0 Å². The molecular weight excluding hydrogens is 364 g/mol. The van der Waals surface area contributed by atoms with Crippen LogP contribution in [-0.4, -0.2) is 71.6 Å². The fraction of sp³-hybridized carbons (Fsp3) is 1.00. The lowest BCUT2D eigenvalue weighted by Gasteiger charge is -2.15. The van der Waals surface area contributed by atoms with E-state index in [2.05, 4.69) is 0 Å². The fourth-order valence-electron chi connectivity index (χ4n) is 0.759. The van der Waals surface area contributed by atoms with Gasteiger partial charge in [0.1, 0.15) is 6.10 Å². The minimum Gasteiger partial charge on any atom is -0.394 e. The van der Waals surface area contributed by atoms with E-state index in [-0.39, 0.29) is 12.5 Å². The van der Waals surface area contributed by atoms with Crippen molar-refractivity contribution in [1.29, 1.82) is 0 Å². The summed E-state index contributed by atoms with van der Waals surface area (Å²) in [4.78, 5) is 34.9. The first-order valence-electron chi connectivity index (χ1n) is 5.72. The molecule has 5 N–H and O–H groups in total. The highest BCUT2D eigenvalue weighted by atomic mass is 16.9. The van der Waals surface area contributed by atoms with E-state index in [1.165, 1.54) is 0 Å². The van der Waals surface area contributed by atoms with Gasteiger partial charge in [-0.25, -0.2) is 0 Å². The van der Waals surface area contributed by atoms with E-state index in [9.17, 15) is 10.1 Å². The van der Waals surface area contributed by atoms with E-state index in [4.69, 9.17) is 60.9 Å². The van der Waals surface area contributed by atoms with E-state index >= 15 is 0 Å². The van der Waals surface area contributed by atoms with Crippen LogP contribution in [0.4, 0.5) is 0 Å². The van der Waals surface area contributed by atoms with Crippen molar-refractivity contribution in [2.24, 2.45) is 5.92 Å². The number of hydrogen-bond donors (Lipinski definition) is 5. The molecular formula is C7H18N4O14. The molecule has 0 fully saturated rings. The molecule has 2 unspecified atom stereocenters. The average molecular weight is 382 g/mol. The zero-order valence-corrected chi connectivity index (χ0v) is 12.8. The highest BCUT2D eigenvalue weighted by Crippen LogP contribution is 2.07. The molecule has 0 aliphatic heterocycles. The summed E-state index contributed by atoms with van der Waals surface area (Å²) in [7, 11) is 0. The quantitative estimate of drug-likeness (QED) is 0.200. The Morgan fingerprint density at radius 1 is 0.880 bits per heavy atom. The molecule has 0 heterocycles. The highest BCUT2D eigenvalue weighted by molar-refractivity contribution is 4.53. The van der Waals surface area contributed by atoms with Crippen LogP contribution in [0.3, 0.4) is 0 Å². The number of rotatable bonds is 6. The first-order chi connectivity index (χ1) is 11.2. The van der Waals surface area contributed by atoms with Gasteiger partial charge in [0.15, 0.2) is 0 Å². The van der Waals surface area contributed by atoms with Gasteiger partial charge in [-0.05, 0) is 0 Å². The molecule has 0 bridgehead atoms. The summed E-state index contributed by atoms with van der Waals surface area (Å²) in [6.07, 6.45) is -2.18. The lowest BCUT2D eigenvalue weighted by Crippen LogP contribution is -2.33. The third kappa shape index (κ3) is 52.7. The third-order valence-electron chi connectivity index (χ3n) is 1.45. The summed E-state index contributed by atoms with van der Waals surface area (Å²) >= 11 is 0. The minimum absolute atomic E-state index is 0.222. The van der Waals surface area contributed by atoms with Crippen molar-refractivity contribution >= 4 is 0 Å². The number of aliphatic hydroxyl groups is 2. The van der Waals surface area contributed by atoms with Crippen molar-refractivity contribution in [2.75, 3.05) is 13.2 Å². The molecule has 0 aliphatic carbocycles. The molecule has 0 spiro atoms. The Morgan fingerprint density at radius 2 is 1.16 bits per heavy atom. The SMILES string of the molecule is CC(C)C(OCC(O)CO)[N+](=O)[O-].O=[N+]([O-])O.O=[N+]([O-])O.O=[N+]([O-])O. The predicted octanol–water partition coefficient (Wildman–Crippen LogP) is -1.43. The Hall–Kier alpha value is -3.12. The molecule has 0 aromatic carbocycles. The molecule has 18 heteroatoms. The normalized spacial score (nSPS) is 11.1. The molecule has 0 radical (unpaired) electrons. The summed E-state index contributed by atoms with van der Waals surface area (Å²) in [5.41, 5.74) is 0. The van der Waals surface area contributed by atoms with Crippen molar-refractivity contribution < 1.29 is 50.8 Å². The van der Waals surface area contributed by atoms with Crippen LogP contribution in [-0.2, 0) is 4.74 Å². The fourth-order valence-corrected chi connectivity index (χ4v) is 0.759. The van der Waals surface area contributed by atoms with Crippen LogP contribution in [0, 0.1) is 46.4 Å². The summed E-state index contributed by atoms with van der Waals surface area (Å²) in [6, 6.07) is 0. The molecule has 0 aliphatic rings. The van der Waals surface area contributed by atoms with Crippen molar-refractivity contribution in [1.82, 2.24) is 0 Å². The van der Waals surface area contributed by atoms with Gasteiger partial charge >= 0.3 is 6.23 Å². The third-order valence-corrected chi connectivity index (χ3v) is 1.45. The van der Waals surface area contributed by atoms with Gasteiger partial charge in [-0.3, -0.25) is 10.1 Å². The Kier molecular flexibility index (Phi) is 22.6. The van der Waals surface area contributed by atoms with Gasteiger partial charge in [0.2, 0.25) is 0 Å². The average Bonchev–Trinajstić information content (AvgIpc) is 2.35. The van der Waals surface area contributed by atoms with Gasteiger partial charge in [-0.15, -0.1) is 30.3 Å². The molecule has 0 saturated heterocycles. The maximum Gasteiger partial charge on any atom is 0.317 e. The lowest BCUT2D eigenvalue weighted by atomic mass is 10.2. The van der Waals surface area contributed by atoms with Gasteiger partial charge < -0.3 is 30.6 Å². The Labute approximate surface area is 138 Å². The van der Waals surface area contributed by atoms with Gasteiger partial charge in [0.25, 0.3) is 15.3 Å². The zero-order chi connectivity index (χ0) is 21.2. The molecule has 0 rings (SSSR count). The molecule has 0 saturated carbocycles. The topological polar surface area (TPSA) is 283 Å². The summed E-state index contributed by atoms with van der Waals surface area (Å²) in [5.74, 6) is -0.263. The van der Waals surface area contributed by atoms with E-state index in [1.54, 1.807) is 13.8 Å². The molecule has 18 nitrogen and oxygen atoms in total. The minimum atomic E-state index is -1.50. The molecule has 2 atom stereocenters. The van der Waals surface area contributed by atoms with Crippen molar-refractivity contribution in [2.45, 2.75) is 26.2 Å². The lowest BCUT2D eigenvalue weighted by molar-refractivity contribution is -0.742. The zero-order valence-electron chi connectivity index (χ0n) is 12.8. The second kappa shape index (κ2) is 18.9. The van der Waals surface area contributed by atoms with Crippen LogP contribution in [0.5, 0.6) is 0 Å². The highest BCUT2D eigenvalue weighted by Gasteiger charge is 2.25. The summed E-state index contributed by atoms with van der Waals surface area (Å²) < 4.78 is 4.81. The van der Waals surface area contributed by atoms with Gasteiger partial charge in [-0.1, -0.05) is 13.8 Å². The van der Waals surface area contributed by atoms with Gasteiger partial charge in [-0.2, -0.15) is 0 Å². The van der Waals surface area contributed by atoms with E-state index in [0.717, 1.165) is 0 Å².